The van der Waals surface area contributed by atoms with Crippen molar-refractivity contribution in [1.82, 2.24) is 29.9 Å². The Hall–Kier alpha value is -2.45. The van der Waals surface area contributed by atoms with E-state index in [9.17, 15) is 0 Å². The molecule has 36 heavy (non-hydrogen) atoms. The molecule has 7 N–H and O–H groups in total. The molecule has 4 rings (SSSR count). The first-order chi connectivity index (χ1) is 16.6. The van der Waals surface area contributed by atoms with E-state index < -0.39 is 0 Å². The van der Waals surface area contributed by atoms with Gasteiger partial charge in [0.1, 0.15) is 11.4 Å². The van der Waals surface area contributed by atoms with Crippen LogP contribution in [0.15, 0.2) is 36.4 Å². The van der Waals surface area contributed by atoms with Gasteiger partial charge >= 0.3 is 0 Å². The van der Waals surface area contributed by atoms with E-state index in [1.807, 2.05) is 4.93 Å². The summed E-state index contributed by atoms with van der Waals surface area (Å²) in [6.07, 6.45) is 0. The molecule has 4 aromatic rings. The molecular formula is C21H23Cl4IN10. The van der Waals surface area contributed by atoms with E-state index in [1.54, 1.807) is 43.4 Å². The van der Waals surface area contributed by atoms with Gasteiger partial charge in [-0.3, -0.25) is 5.41 Å². The molecule has 0 spiro atoms. The molecule has 0 aliphatic rings. The van der Waals surface area contributed by atoms with Crippen molar-refractivity contribution in [3.63, 3.8) is 0 Å². The van der Waals surface area contributed by atoms with E-state index in [0.29, 0.717) is 42.6 Å². The van der Waals surface area contributed by atoms with Gasteiger partial charge in [-0.15, -0.1) is 10.2 Å². The van der Waals surface area contributed by atoms with Crippen molar-refractivity contribution in [3.8, 4) is 22.5 Å². The first-order valence-electron chi connectivity index (χ1n) is 9.37. The zero-order chi connectivity index (χ0) is 26.3. The number of nitrogen functional groups attached to an aromatic ring is 3. The highest BCUT2D eigenvalue weighted by molar-refractivity contribution is 14.1. The summed E-state index contributed by atoms with van der Waals surface area (Å²) in [5.41, 5.74) is 18.7. The second-order valence-corrected chi connectivity index (χ2v) is 7.97. The van der Waals surface area contributed by atoms with E-state index in [4.69, 9.17) is 69.0 Å². The molecule has 0 fully saturated rings. The van der Waals surface area contributed by atoms with Gasteiger partial charge in [0, 0.05) is 18.2 Å². The van der Waals surface area contributed by atoms with Gasteiger partial charge < -0.3 is 17.2 Å². The van der Waals surface area contributed by atoms with Crippen LogP contribution < -0.4 is 22.8 Å². The largest absolute Gasteiger partial charge is 0.382 e. The van der Waals surface area contributed by atoms with Gasteiger partial charge in [-0.25, -0.2) is 4.68 Å². The molecule has 0 unspecified atom stereocenters. The number of nitrogens with one attached hydrogen (secondary N) is 1. The van der Waals surface area contributed by atoms with Crippen molar-refractivity contribution in [2.75, 3.05) is 22.1 Å². The molecule has 0 aliphatic heterocycles. The molecule has 2 heterocycles. The minimum atomic E-state index is -0.0237. The lowest BCUT2D eigenvalue weighted by Crippen LogP contribution is -2.24. The molecule has 2 aromatic heterocycles. The molecule has 0 aliphatic carbocycles. The van der Waals surface area contributed by atoms with Crippen LogP contribution in [0.4, 0.5) is 17.6 Å². The monoisotopic (exact) mass is 682 g/mol. The highest BCUT2D eigenvalue weighted by Crippen LogP contribution is 2.34. The fourth-order valence-corrected chi connectivity index (χ4v) is 3.38. The molecular weight excluding hydrogens is 661 g/mol. The Morgan fingerprint density at radius 3 is 1.75 bits per heavy atom. The molecule has 0 radical (unpaired) electrons. The number of hydrogen-bond acceptors (Lipinski definition) is 9. The van der Waals surface area contributed by atoms with Crippen molar-refractivity contribution in [1.29, 1.82) is 5.41 Å². The number of anilines is 3. The summed E-state index contributed by atoms with van der Waals surface area (Å²) in [7, 11) is 1.61. The molecule has 0 saturated heterocycles. The lowest BCUT2D eigenvalue weighted by Gasteiger charge is -2.08. The third-order valence-electron chi connectivity index (χ3n) is 4.17. The fraction of sp³-hybridized carbons (Fsp3) is 0.143. The topological polar surface area (TPSA) is 171 Å². The van der Waals surface area contributed by atoms with Crippen molar-refractivity contribution in [2.24, 2.45) is 7.05 Å². The number of halogens is 5. The maximum absolute atomic E-state index is 7.47. The molecule has 0 amide bonds. The lowest BCUT2D eigenvalue weighted by atomic mass is 10.1. The average Bonchev–Trinajstić information content (AvgIpc) is 2.82. The summed E-state index contributed by atoms with van der Waals surface area (Å²) >= 11 is 26.1. The Kier molecular flexibility index (Phi) is 12.6. The second-order valence-electron chi connectivity index (χ2n) is 6.40. The van der Waals surface area contributed by atoms with E-state index in [-0.39, 0.29) is 30.6 Å². The predicted octanol–water partition coefficient (Wildman–Crippen LogP) is 5.55. The summed E-state index contributed by atoms with van der Waals surface area (Å²) in [6.45, 7) is 0. The summed E-state index contributed by atoms with van der Waals surface area (Å²) in [6, 6.07) is 10.3. The van der Waals surface area contributed by atoms with Crippen LogP contribution in [0.1, 0.15) is 7.43 Å². The van der Waals surface area contributed by atoms with Gasteiger partial charge in [-0.1, -0.05) is 101 Å². The highest BCUT2D eigenvalue weighted by atomic mass is 127. The maximum atomic E-state index is 7.47. The number of benzene rings is 2. The van der Waals surface area contributed by atoms with Crippen LogP contribution in [0.25, 0.3) is 22.5 Å². The second kappa shape index (κ2) is 14.3. The molecule has 0 atom stereocenters. The number of rotatable bonds is 2. The Labute approximate surface area is 241 Å². The molecule has 0 saturated carbocycles. The van der Waals surface area contributed by atoms with Gasteiger partial charge in [0.2, 0.25) is 11.6 Å². The first kappa shape index (κ1) is 31.6. The van der Waals surface area contributed by atoms with Gasteiger partial charge in [0.25, 0.3) is 0 Å². The number of nitrogens with zero attached hydrogens (tertiary/aromatic N) is 6. The number of aryl methyl sites for hydroxylation is 1. The summed E-state index contributed by atoms with van der Waals surface area (Å²) in [5, 5.41) is 20.6. The Morgan fingerprint density at radius 2 is 1.25 bits per heavy atom. The van der Waals surface area contributed by atoms with Crippen LogP contribution in [0, 0.1) is 5.41 Å². The van der Waals surface area contributed by atoms with Gasteiger partial charge in [0.15, 0.2) is 11.6 Å². The third-order valence-corrected chi connectivity index (χ3v) is 5.81. The van der Waals surface area contributed by atoms with Crippen molar-refractivity contribution in [3.05, 3.63) is 62.1 Å². The first-order valence-corrected chi connectivity index (χ1v) is 13.0. The average molecular weight is 684 g/mol. The lowest BCUT2D eigenvalue weighted by molar-refractivity contribution is 0.652. The minimum Gasteiger partial charge on any atom is -0.382 e. The molecule has 2 aromatic carbocycles. The van der Waals surface area contributed by atoms with Crippen LogP contribution in [0.5, 0.6) is 0 Å². The van der Waals surface area contributed by atoms with E-state index >= 15 is 0 Å². The summed E-state index contributed by atoms with van der Waals surface area (Å²) in [5.74, 6) is 0.327. The minimum absolute atomic E-state index is 0. The SMILES string of the molecule is C.CI.Cn1nc(-c2cccc(Cl)c2Cl)c(N)nc1=N.Nc1nnc(-c2cccc(Cl)c2Cl)c(N)n1. The zero-order valence-electron chi connectivity index (χ0n) is 18.3. The zero-order valence-corrected chi connectivity index (χ0v) is 23.5. The van der Waals surface area contributed by atoms with E-state index in [1.165, 1.54) is 4.68 Å². The van der Waals surface area contributed by atoms with Crippen LogP contribution in [-0.4, -0.2) is 34.9 Å². The Bertz CT molecular complexity index is 1400. The molecule has 0 bridgehead atoms. The van der Waals surface area contributed by atoms with Gasteiger partial charge in [-0.2, -0.15) is 15.1 Å². The fourth-order valence-electron chi connectivity index (χ4n) is 2.60. The van der Waals surface area contributed by atoms with E-state index in [0.717, 1.165) is 0 Å². The molecule has 192 valence electrons. The third kappa shape index (κ3) is 7.53. The van der Waals surface area contributed by atoms with Crippen molar-refractivity contribution < 1.29 is 0 Å². The normalized spacial score (nSPS) is 9.75. The highest BCUT2D eigenvalue weighted by Gasteiger charge is 2.14. The predicted molar refractivity (Wildman–Crippen MR) is 158 cm³/mol. The number of aromatic nitrogens is 6. The van der Waals surface area contributed by atoms with Gasteiger partial charge in [-0.05, 0) is 17.1 Å². The van der Waals surface area contributed by atoms with Gasteiger partial charge in [0.05, 0.1) is 20.1 Å². The van der Waals surface area contributed by atoms with Crippen LogP contribution >= 0.6 is 69.0 Å². The Balaban J connectivity index is 0.000000329. The quantitative estimate of drug-likeness (QED) is 0.157. The number of nitrogens with two attached hydrogens (primary N) is 3. The maximum Gasteiger partial charge on any atom is 0.242 e. The summed E-state index contributed by atoms with van der Waals surface area (Å²) in [4.78, 5) is 9.63. The summed E-state index contributed by atoms with van der Waals surface area (Å²) < 4.78 is 1.31. The standard InChI is InChI=1S/C10H9Cl2N5.C9H7Cl2N5.CH3I.CH4/c1-17-10(14)15-9(13)8(16-17)5-3-2-4-6(11)7(5)12;10-5-3-1-2-4(6(5)11)7-8(12)14-9(13)16-15-7;1-2;/h2-4H,1H3,(H3,13,14,15);1-3H,(H4,12,13,14,16);1H3;1H4. The Morgan fingerprint density at radius 1 is 0.778 bits per heavy atom. The van der Waals surface area contributed by atoms with Crippen LogP contribution in [0.2, 0.25) is 20.1 Å². The van der Waals surface area contributed by atoms with Crippen LogP contribution in [-0.2, 0) is 7.05 Å². The smallest absolute Gasteiger partial charge is 0.242 e. The van der Waals surface area contributed by atoms with Crippen LogP contribution in [0.3, 0.4) is 0 Å². The number of hydrogen-bond donors (Lipinski definition) is 4. The van der Waals surface area contributed by atoms with E-state index in [2.05, 4.69) is 47.9 Å². The van der Waals surface area contributed by atoms with Crippen molar-refractivity contribution in [2.45, 2.75) is 7.43 Å². The molecule has 15 heteroatoms. The molecule has 10 nitrogen and oxygen atoms in total. The van der Waals surface area contributed by atoms with Crippen molar-refractivity contribution >= 4 is 86.6 Å². The number of alkyl halides is 1.